The van der Waals surface area contributed by atoms with Crippen molar-refractivity contribution < 1.29 is 0 Å². The molecule has 7 aromatic carbocycles. The lowest BCUT2D eigenvalue weighted by atomic mass is 9.94. The molecule has 0 aliphatic carbocycles. The van der Waals surface area contributed by atoms with Gasteiger partial charge in [-0.2, -0.15) is 0 Å². The van der Waals surface area contributed by atoms with Gasteiger partial charge in [0.2, 0.25) is 0 Å². The van der Waals surface area contributed by atoms with Crippen LogP contribution in [-0.2, 0) is 0 Å². The van der Waals surface area contributed by atoms with Crippen LogP contribution in [0.4, 0.5) is 0 Å². The Morgan fingerprint density at radius 3 is 1.55 bits per heavy atom. The Bertz CT molecular complexity index is 2220. The number of para-hydroxylation sites is 1. The fourth-order valence-electron chi connectivity index (χ4n) is 6.39. The fraction of sp³-hybridized carbons (Fsp3) is 0. The Labute approximate surface area is 265 Å². The third kappa shape index (κ3) is 4.74. The van der Waals surface area contributed by atoms with E-state index in [4.69, 9.17) is 0 Å². The Morgan fingerprint density at radius 1 is 0.341 bits per heavy atom. The molecule has 0 unspecified atom stereocenters. The van der Waals surface area contributed by atoms with Crippen LogP contribution >= 0.6 is 15.9 Å². The van der Waals surface area contributed by atoms with Gasteiger partial charge in [0.1, 0.15) is 0 Å². The van der Waals surface area contributed by atoms with Crippen molar-refractivity contribution in [3.05, 3.63) is 174 Å². The first-order chi connectivity index (χ1) is 21.7. The van der Waals surface area contributed by atoms with E-state index < -0.39 is 0 Å². The Kier molecular flexibility index (Phi) is 6.70. The topological polar surface area (TPSA) is 4.93 Å². The molecule has 8 aromatic rings. The van der Waals surface area contributed by atoms with Crippen molar-refractivity contribution in [3.63, 3.8) is 0 Å². The molecular weight excluding hydrogens is 598 g/mol. The summed E-state index contributed by atoms with van der Waals surface area (Å²) >= 11 is 3.67. The minimum Gasteiger partial charge on any atom is -0.309 e. The number of benzene rings is 7. The zero-order valence-corrected chi connectivity index (χ0v) is 25.6. The van der Waals surface area contributed by atoms with Gasteiger partial charge in [0, 0.05) is 20.9 Å². The summed E-state index contributed by atoms with van der Waals surface area (Å²) in [6.07, 6.45) is 0. The number of aromatic nitrogens is 1. The molecule has 1 aromatic heterocycles. The Hall–Kier alpha value is -5.18. The summed E-state index contributed by atoms with van der Waals surface area (Å²) in [5.41, 5.74) is 13.2. The standard InChI is InChI=1S/C42H28BrN/c43-35-17-11-16-31(25-35)37-18-7-8-19-38(37)32-22-23-40-39-20-9-10-21-41(39)44(42(40)28-32)36-26-33(29-12-3-1-4-13-29)24-34(27-36)30-14-5-2-6-15-30/h1-28H. The molecule has 0 spiro atoms. The van der Waals surface area contributed by atoms with E-state index in [1.54, 1.807) is 0 Å². The largest absolute Gasteiger partial charge is 0.309 e. The van der Waals surface area contributed by atoms with E-state index in [1.807, 2.05) is 0 Å². The maximum Gasteiger partial charge on any atom is 0.0547 e. The molecule has 44 heavy (non-hydrogen) atoms. The molecule has 0 fully saturated rings. The summed E-state index contributed by atoms with van der Waals surface area (Å²) in [6.45, 7) is 0. The summed E-state index contributed by atoms with van der Waals surface area (Å²) in [6, 6.07) is 61.2. The number of nitrogens with zero attached hydrogens (tertiary/aromatic N) is 1. The van der Waals surface area contributed by atoms with Gasteiger partial charge in [0.25, 0.3) is 0 Å². The van der Waals surface area contributed by atoms with E-state index in [1.165, 1.54) is 66.3 Å². The normalized spacial score (nSPS) is 11.3. The van der Waals surface area contributed by atoms with E-state index in [0.717, 1.165) is 10.2 Å². The van der Waals surface area contributed by atoms with Crippen LogP contribution in [0, 0.1) is 0 Å². The van der Waals surface area contributed by atoms with Gasteiger partial charge < -0.3 is 4.57 Å². The quantitative estimate of drug-likeness (QED) is 0.179. The second kappa shape index (κ2) is 11.1. The van der Waals surface area contributed by atoms with Gasteiger partial charge in [-0.1, -0.05) is 143 Å². The van der Waals surface area contributed by atoms with Crippen LogP contribution in [0.2, 0.25) is 0 Å². The number of hydrogen-bond acceptors (Lipinski definition) is 0. The molecule has 8 rings (SSSR count). The molecule has 0 bridgehead atoms. The van der Waals surface area contributed by atoms with Crippen LogP contribution in [0.5, 0.6) is 0 Å². The molecule has 1 heterocycles. The first-order valence-electron chi connectivity index (χ1n) is 14.9. The molecule has 0 radical (unpaired) electrons. The van der Waals surface area contributed by atoms with Crippen LogP contribution in [0.25, 0.3) is 72.0 Å². The van der Waals surface area contributed by atoms with Crippen LogP contribution in [0.3, 0.4) is 0 Å². The van der Waals surface area contributed by atoms with Gasteiger partial charge in [0.05, 0.1) is 11.0 Å². The molecule has 1 nitrogen and oxygen atoms in total. The fourth-order valence-corrected chi connectivity index (χ4v) is 6.79. The first kappa shape index (κ1) is 26.4. The van der Waals surface area contributed by atoms with Crippen LogP contribution < -0.4 is 0 Å². The lowest BCUT2D eigenvalue weighted by Gasteiger charge is -2.15. The van der Waals surface area contributed by atoms with E-state index in [-0.39, 0.29) is 0 Å². The molecular formula is C42H28BrN. The first-order valence-corrected chi connectivity index (χ1v) is 15.7. The minimum absolute atomic E-state index is 1.08. The second-order valence-corrected chi connectivity index (χ2v) is 12.1. The molecule has 208 valence electrons. The minimum atomic E-state index is 1.08. The molecule has 0 N–H and O–H groups in total. The Balaban J connectivity index is 1.40. The van der Waals surface area contributed by atoms with Gasteiger partial charge >= 0.3 is 0 Å². The van der Waals surface area contributed by atoms with Gasteiger partial charge in [-0.15, -0.1) is 0 Å². The van der Waals surface area contributed by atoms with Crippen molar-refractivity contribution in [1.82, 2.24) is 4.57 Å². The number of hydrogen-bond donors (Lipinski definition) is 0. The summed E-state index contributed by atoms with van der Waals surface area (Å²) in [5, 5.41) is 2.50. The lowest BCUT2D eigenvalue weighted by Crippen LogP contribution is -1.96. The van der Waals surface area contributed by atoms with Crippen LogP contribution in [0.15, 0.2) is 174 Å². The monoisotopic (exact) mass is 625 g/mol. The van der Waals surface area contributed by atoms with Crippen molar-refractivity contribution in [2.75, 3.05) is 0 Å². The molecule has 0 aliphatic rings. The molecule has 0 atom stereocenters. The van der Waals surface area contributed by atoms with Gasteiger partial charge in [0.15, 0.2) is 0 Å². The van der Waals surface area contributed by atoms with Gasteiger partial charge in [-0.25, -0.2) is 0 Å². The molecule has 2 heteroatoms. The predicted molar refractivity (Wildman–Crippen MR) is 190 cm³/mol. The third-order valence-corrected chi connectivity index (χ3v) is 8.93. The summed E-state index contributed by atoms with van der Waals surface area (Å²) in [5.74, 6) is 0. The predicted octanol–water partition coefficient (Wildman–Crippen LogP) is 12.2. The van der Waals surface area contributed by atoms with Crippen molar-refractivity contribution in [3.8, 4) is 50.2 Å². The second-order valence-electron chi connectivity index (χ2n) is 11.1. The highest BCUT2D eigenvalue weighted by Crippen LogP contribution is 2.39. The molecule has 0 saturated heterocycles. The molecule has 0 aliphatic heterocycles. The van der Waals surface area contributed by atoms with E-state index >= 15 is 0 Å². The maximum absolute atomic E-state index is 3.67. The Morgan fingerprint density at radius 2 is 0.886 bits per heavy atom. The van der Waals surface area contributed by atoms with Gasteiger partial charge in [-0.05, 0) is 87.0 Å². The molecule has 0 amide bonds. The summed E-state index contributed by atoms with van der Waals surface area (Å²) < 4.78 is 3.52. The maximum atomic E-state index is 3.67. The highest BCUT2D eigenvalue weighted by Gasteiger charge is 2.16. The zero-order chi connectivity index (χ0) is 29.5. The lowest BCUT2D eigenvalue weighted by molar-refractivity contribution is 1.18. The van der Waals surface area contributed by atoms with Crippen molar-refractivity contribution in [2.24, 2.45) is 0 Å². The highest BCUT2D eigenvalue weighted by atomic mass is 79.9. The zero-order valence-electron chi connectivity index (χ0n) is 24.0. The van der Waals surface area contributed by atoms with Crippen molar-refractivity contribution in [2.45, 2.75) is 0 Å². The van der Waals surface area contributed by atoms with Crippen molar-refractivity contribution in [1.29, 1.82) is 0 Å². The van der Waals surface area contributed by atoms with Crippen LogP contribution in [0.1, 0.15) is 0 Å². The SMILES string of the molecule is Brc1cccc(-c2ccccc2-c2ccc3c4ccccc4n(-c4cc(-c5ccccc5)cc(-c5ccccc5)c4)c3c2)c1. The summed E-state index contributed by atoms with van der Waals surface area (Å²) in [4.78, 5) is 0. The van der Waals surface area contributed by atoms with Crippen LogP contribution in [-0.4, -0.2) is 4.57 Å². The average Bonchev–Trinajstić information content (AvgIpc) is 3.42. The number of rotatable bonds is 5. The highest BCUT2D eigenvalue weighted by molar-refractivity contribution is 9.10. The van der Waals surface area contributed by atoms with E-state index in [9.17, 15) is 0 Å². The average molecular weight is 627 g/mol. The van der Waals surface area contributed by atoms with Gasteiger partial charge in [-0.3, -0.25) is 0 Å². The van der Waals surface area contributed by atoms with E-state index in [0.29, 0.717) is 0 Å². The van der Waals surface area contributed by atoms with Crippen molar-refractivity contribution >= 4 is 37.7 Å². The molecule has 0 saturated carbocycles. The number of halogens is 1. The number of fused-ring (bicyclic) bond motifs is 3. The third-order valence-electron chi connectivity index (χ3n) is 8.44. The smallest absolute Gasteiger partial charge is 0.0547 e. The summed E-state index contributed by atoms with van der Waals surface area (Å²) in [7, 11) is 0. The van der Waals surface area contributed by atoms with E-state index in [2.05, 4.69) is 190 Å².